The minimum absolute atomic E-state index is 0.0277. The number of aromatic nitrogens is 1. The van der Waals surface area contributed by atoms with E-state index in [1.807, 2.05) is 24.8 Å². The van der Waals surface area contributed by atoms with E-state index < -0.39 is 11.9 Å². The number of carboxylic acid groups (broad SMARTS) is 1. The van der Waals surface area contributed by atoms with E-state index in [1.54, 1.807) is 11.8 Å². The van der Waals surface area contributed by atoms with Crippen molar-refractivity contribution in [3.63, 3.8) is 0 Å². The second-order valence-electron chi connectivity index (χ2n) is 5.16. The molecular weight excluding hydrogens is 290 g/mol. The zero-order chi connectivity index (χ0) is 15.6. The maximum atomic E-state index is 11.8. The molecule has 2 rings (SSSR count). The van der Waals surface area contributed by atoms with Gasteiger partial charge in [-0.15, -0.1) is 0 Å². The van der Waals surface area contributed by atoms with Crippen LogP contribution in [0.4, 0.5) is 5.82 Å². The molecule has 1 aromatic rings. The van der Waals surface area contributed by atoms with Crippen LogP contribution >= 0.6 is 11.8 Å². The lowest BCUT2D eigenvalue weighted by molar-refractivity contribution is -0.137. The summed E-state index contributed by atoms with van der Waals surface area (Å²) in [4.78, 5) is 29.2. The van der Waals surface area contributed by atoms with Gasteiger partial charge in [-0.25, -0.2) is 4.98 Å². The molecule has 7 heteroatoms. The SMILES string of the molecule is Cc1cc(C)c(C(N)=O)c(N2CCSCC2CC(=O)O)n1. The number of aliphatic carboxylic acids is 1. The maximum Gasteiger partial charge on any atom is 0.305 e. The Hall–Kier alpha value is -1.76. The van der Waals surface area contributed by atoms with Gasteiger partial charge in [-0.2, -0.15) is 11.8 Å². The fourth-order valence-corrected chi connectivity index (χ4v) is 3.70. The predicted molar refractivity (Wildman–Crippen MR) is 82.9 cm³/mol. The molecule has 1 aliphatic heterocycles. The molecule has 21 heavy (non-hydrogen) atoms. The smallest absolute Gasteiger partial charge is 0.305 e. The van der Waals surface area contributed by atoms with Gasteiger partial charge in [-0.3, -0.25) is 9.59 Å². The van der Waals surface area contributed by atoms with Crippen LogP contribution in [-0.4, -0.2) is 46.1 Å². The summed E-state index contributed by atoms with van der Waals surface area (Å²) in [5.41, 5.74) is 7.45. The Kier molecular flexibility index (Phi) is 4.72. The van der Waals surface area contributed by atoms with Crippen LogP contribution < -0.4 is 10.6 Å². The van der Waals surface area contributed by atoms with E-state index in [4.69, 9.17) is 10.8 Å². The number of pyridine rings is 1. The third-order valence-electron chi connectivity index (χ3n) is 3.48. The van der Waals surface area contributed by atoms with E-state index in [-0.39, 0.29) is 12.5 Å². The van der Waals surface area contributed by atoms with Crippen molar-refractivity contribution in [1.82, 2.24) is 4.98 Å². The van der Waals surface area contributed by atoms with Crippen molar-refractivity contribution >= 4 is 29.5 Å². The Labute approximate surface area is 127 Å². The second-order valence-corrected chi connectivity index (χ2v) is 6.31. The van der Waals surface area contributed by atoms with Gasteiger partial charge in [0, 0.05) is 29.8 Å². The van der Waals surface area contributed by atoms with Crippen LogP contribution in [0.1, 0.15) is 28.0 Å². The number of carbonyl (C=O) groups excluding carboxylic acids is 1. The van der Waals surface area contributed by atoms with Crippen LogP contribution in [0, 0.1) is 13.8 Å². The van der Waals surface area contributed by atoms with Gasteiger partial charge >= 0.3 is 5.97 Å². The van der Waals surface area contributed by atoms with Crippen LogP contribution in [0.2, 0.25) is 0 Å². The first kappa shape index (κ1) is 15.6. The molecule has 0 aliphatic carbocycles. The average molecular weight is 309 g/mol. The van der Waals surface area contributed by atoms with E-state index in [0.717, 1.165) is 17.0 Å². The number of carbonyl (C=O) groups is 2. The van der Waals surface area contributed by atoms with Crippen molar-refractivity contribution in [1.29, 1.82) is 0 Å². The molecule has 3 N–H and O–H groups in total. The van der Waals surface area contributed by atoms with E-state index in [2.05, 4.69) is 4.98 Å². The first-order valence-electron chi connectivity index (χ1n) is 6.74. The van der Waals surface area contributed by atoms with E-state index in [1.165, 1.54) is 0 Å². The first-order valence-corrected chi connectivity index (χ1v) is 7.90. The molecule has 0 saturated carbocycles. The fourth-order valence-electron chi connectivity index (χ4n) is 2.63. The topological polar surface area (TPSA) is 96.5 Å². The molecule has 114 valence electrons. The minimum atomic E-state index is -0.850. The summed E-state index contributed by atoms with van der Waals surface area (Å²) in [5.74, 6) is 0.730. The Bertz CT molecular complexity index is 577. The highest BCUT2D eigenvalue weighted by molar-refractivity contribution is 7.99. The van der Waals surface area contributed by atoms with Crippen LogP contribution in [-0.2, 0) is 4.79 Å². The number of carboxylic acids is 1. The Morgan fingerprint density at radius 2 is 2.24 bits per heavy atom. The summed E-state index contributed by atoms with van der Waals surface area (Å²) in [7, 11) is 0. The highest BCUT2D eigenvalue weighted by Gasteiger charge is 2.29. The summed E-state index contributed by atoms with van der Waals surface area (Å²) >= 11 is 1.72. The third-order valence-corrected chi connectivity index (χ3v) is 4.57. The second kappa shape index (κ2) is 6.34. The van der Waals surface area contributed by atoms with Crippen molar-refractivity contribution in [2.75, 3.05) is 23.0 Å². The van der Waals surface area contributed by atoms with Gasteiger partial charge < -0.3 is 15.7 Å². The molecule has 1 atom stereocenters. The normalized spacial score (nSPS) is 18.6. The molecule has 6 nitrogen and oxygen atoms in total. The molecule has 1 unspecified atom stereocenters. The van der Waals surface area contributed by atoms with Gasteiger partial charge in [0.15, 0.2) is 0 Å². The van der Waals surface area contributed by atoms with Crippen molar-refractivity contribution in [3.05, 3.63) is 22.9 Å². The van der Waals surface area contributed by atoms with Crippen LogP contribution in [0.3, 0.4) is 0 Å². The molecule has 1 saturated heterocycles. The standard InChI is InChI=1S/C14H19N3O3S/c1-8-5-9(2)16-14(12(8)13(15)20)17-3-4-21-7-10(17)6-11(18)19/h5,10H,3-4,6-7H2,1-2H3,(H2,15,20)(H,18,19). The Morgan fingerprint density at radius 1 is 1.52 bits per heavy atom. The van der Waals surface area contributed by atoms with E-state index in [9.17, 15) is 9.59 Å². The first-order chi connectivity index (χ1) is 9.90. The van der Waals surface area contributed by atoms with E-state index in [0.29, 0.717) is 23.7 Å². The molecule has 0 aromatic carbocycles. The number of hydrogen-bond acceptors (Lipinski definition) is 5. The molecule has 1 aromatic heterocycles. The third kappa shape index (κ3) is 3.47. The van der Waals surface area contributed by atoms with Gasteiger partial charge in [-0.05, 0) is 25.5 Å². The zero-order valence-corrected chi connectivity index (χ0v) is 12.9. The molecule has 0 spiro atoms. The van der Waals surface area contributed by atoms with Crippen LogP contribution in [0.15, 0.2) is 6.07 Å². The number of aryl methyl sites for hydroxylation is 2. The maximum absolute atomic E-state index is 11.8. The lowest BCUT2D eigenvalue weighted by Gasteiger charge is -2.36. The lowest BCUT2D eigenvalue weighted by atomic mass is 10.1. The molecule has 1 amide bonds. The molecule has 0 radical (unpaired) electrons. The van der Waals surface area contributed by atoms with Gasteiger partial charge in [0.1, 0.15) is 5.82 Å². The summed E-state index contributed by atoms with van der Waals surface area (Å²) < 4.78 is 0. The number of hydrogen-bond donors (Lipinski definition) is 2. The fraction of sp³-hybridized carbons (Fsp3) is 0.500. The molecule has 2 heterocycles. The summed E-state index contributed by atoms with van der Waals surface area (Å²) in [5, 5.41) is 9.07. The molecule has 1 fully saturated rings. The van der Waals surface area contributed by atoms with E-state index >= 15 is 0 Å². The number of rotatable bonds is 4. The highest BCUT2D eigenvalue weighted by Crippen LogP contribution is 2.29. The minimum Gasteiger partial charge on any atom is -0.481 e. The average Bonchev–Trinajstić information content (AvgIpc) is 2.37. The summed E-state index contributed by atoms with van der Waals surface area (Å²) in [6.45, 7) is 4.34. The largest absolute Gasteiger partial charge is 0.481 e. The van der Waals surface area contributed by atoms with Crippen LogP contribution in [0.25, 0.3) is 0 Å². The number of amides is 1. The zero-order valence-electron chi connectivity index (χ0n) is 12.1. The quantitative estimate of drug-likeness (QED) is 0.867. The van der Waals surface area contributed by atoms with Crippen molar-refractivity contribution in [2.24, 2.45) is 5.73 Å². The molecule has 0 bridgehead atoms. The van der Waals surface area contributed by atoms with Gasteiger partial charge in [0.2, 0.25) is 0 Å². The predicted octanol–water partition coefficient (Wildman–Crippen LogP) is 1.19. The van der Waals surface area contributed by atoms with Gasteiger partial charge in [0.05, 0.1) is 12.0 Å². The summed E-state index contributed by atoms with van der Waals surface area (Å²) in [6, 6.07) is 1.64. The number of nitrogens with zero attached hydrogens (tertiary/aromatic N) is 2. The number of thioether (sulfide) groups is 1. The monoisotopic (exact) mass is 309 g/mol. The molecule has 1 aliphatic rings. The summed E-state index contributed by atoms with van der Waals surface area (Å²) in [6.07, 6.45) is 0.0277. The van der Waals surface area contributed by atoms with Crippen molar-refractivity contribution in [3.8, 4) is 0 Å². The van der Waals surface area contributed by atoms with Gasteiger partial charge in [-0.1, -0.05) is 0 Å². The van der Waals surface area contributed by atoms with Gasteiger partial charge in [0.25, 0.3) is 5.91 Å². The Morgan fingerprint density at radius 3 is 2.86 bits per heavy atom. The lowest BCUT2D eigenvalue weighted by Crippen LogP contribution is -2.45. The van der Waals surface area contributed by atoms with Crippen molar-refractivity contribution < 1.29 is 14.7 Å². The number of primary amides is 1. The number of nitrogens with two attached hydrogens (primary N) is 1. The van der Waals surface area contributed by atoms with Crippen LogP contribution in [0.5, 0.6) is 0 Å². The molecular formula is C14H19N3O3S. The highest BCUT2D eigenvalue weighted by atomic mass is 32.2. The number of anilines is 1. The Balaban J connectivity index is 2.46. The van der Waals surface area contributed by atoms with Crippen molar-refractivity contribution in [2.45, 2.75) is 26.3 Å².